The first-order valence-corrected chi connectivity index (χ1v) is 7.37. The van der Waals surface area contributed by atoms with Crippen LogP contribution in [0, 0.1) is 0 Å². The first kappa shape index (κ1) is 13.8. The van der Waals surface area contributed by atoms with Gasteiger partial charge in [-0.25, -0.2) is 0 Å². The number of benzene rings is 2. The van der Waals surface area contributed by atoms with Gasteiger partial charge in [0.15, 0.2) is 0 Å². The molecule has 3 rings (SSSR count). The van der Waals surface area contributed by atoms with Gasteiger partial charge in [0, 0.05) is 18.5 Å². The fraction of sp³-hybridized carbons (Fsp3) is 0.278. The number of hydrogen-bond donors (Lipinski definition) is 2. The van der Waals surface area contributed by atoms with Gasteiger partial charge >= 0.3 is 0 Å². The van der Waals surface area contributed by atoms with Crippen molar-refractivity contribution in [3.63, 3.8) is 0 Å². The molecule has 0 spiro atoms. The van der Waals surface area contributed by atoms with Gasteiger partial charge in [0.25, 0.3) is 0 Å². The molecule has 3 nitrogen and oxygen atoms in total. The number of amides is 1. The average molecular weight is 281 g/mol. The van der Waals surface area contributed by atoms with Crippen LogP contribution < -0.4 is 5.32 Å². The molecule has 0 saturated heterocycles. The van der Waals surface area contributed by atoms with Crippen molar-refractivity contribution in [1.29, 1.82) is 0 Å². The van der Waals surface area contributed by atoms with Crippen molar-refractivity contribution in [2.75, 3.05) is 5.32 Å². The monoisotopic (exact) mass is 281 g/mol. The van der Waals surface area contributed by atoms with E-state index in [4.69, 9.17) is 0 Å². The Morgan fingerprint density at radius 1 is 1.10 bits per heavy atom. The van der Waals surface area contributed by atoms with E-state index in [-0.39, 0.29) is 5.91 Å². The smallest absolute Gasteiger partial charge is 0.224 e. The Hall–Kier alpha value is -2.13. The predicted molar refractivity (Wildman–Crippen MR) is 83.1 cm³/mol. The number of hydrogen-bond acceptors (Lipinski definition) is 2. The number of fused-ring (bicyclic) bond motifs is 1. The summed E-state index contributed by atoms with van der Waals surface area (Å²) in [7, 11) is 0. The van der Waals surface area contributed by atoms with Crippen LogP contribution >= 0.6 is 0 Å². The fourth-order valence-electron chi connectivity index (χ4n) is 2.76. The Balaban J connectivity index is 1.80. The number of aliphatic hydroxyl groups is 1. The number of anilines is 1. The Morgan fingerprint density at radius 3 is 2.71 bits per heavy atom. The summed E-state index contributed by atoms with van der Waals surface area (Å²) in [5.41, 5.74) is 4.03. The molecule has 2 aromatic rings. The molecule has 0 saturated carbocycles. The zero-order valence-electron chi connectivity index (χ0n) is 11.9. The van der Waals surface area contributed by atoms with Crippen LogP contribution in [0.5, 0.6) is 0 Å². The molecule has 2 N–H and O–H groups in total. The highest BCUT2D eigenvalue weighted by Gasteiger charge is 2.15. The predicted octanol–water partition coefficient (Wildman–Crippen LogP) is 3.24. The third-order valence-corrected chi connectivity index (χ3v) is 3.91. The van der Waals surface area contributed by atoms with Crippen LogP contribution in [0.1, 0.15) is 35.6 Å². The lowest BCUT2D eigenvalue weighted by Gasteiger charge is -2.14. The first-order valence-electron chi connectivity index (χ1n) is 7.37. The molecule has 1 heterocycles. The minimum Gasteiger partial charge on any atom is -0.388 e. The Bertz CT molecular complexity index is 637. The average Bonchev–Trinajstić information content (AvgIpc) is 2.68. The van der Waals surface area contributed by atoms with Crippen molar-refractivity contribution in [3.8, 4) is 0 Å². The molecular weight excluding hydrogens is 262 g/mol. The van der Waals surface area contributed by atoms with Crippen molar-refractivity contribution >= 4 is 11.6 Å². The van der Waals surface area contributed by atoms with Crippen LogP contribution in [0.4, 0.5) is 5.69 Å². The largest absolute Gasteiger partial charge is 0.388 e. The van der Waals surface area contributed by atoms with E-state index in [1.54, 1.807) is 0 Å². The molecule has 1 aliphatic heterocycles. The Kier molecular flexibility index (Phi) is 4.02. The molecule has 0 fully saturated rings. The molecule has 0 bridgehead atoms. The summed E-state index contributed by atoms with van der Waals surface area (Å²) in [5, 5.41) is 13.3. The molecule has 2 aromatic carbocycles. The van der Waals surface area contributed by atoms with E-state index in [1.165, 1.54) is 0 Å². The second-order valence-electron chi connectivity index (χ2n) is 5.52. The highest BCUT2D eigenvalue weighted by molar-refractivity contribution is 5.92. The fourth-order valence-corrected chi connectivity index (χ4v) is 2.76. The molecule has 1 atom stereocenters. The minimum atomic E-state index is -0.517. The molecule has 1 amide bonds. The molecule has 0 radical (unpaired) electrons. The number of aliphatic hydroxyl groups excluding tert-OH is 1. The van der Waals surface area contributed by atoms with Crippen LogP contribution in [0.25, 0.3) is 0 Å². The van der Waals surface area contributed by atoms with Crippen molar-refractivity contribution in [3.05, 3.63) is 65.2 Å². The summed E-state index contributed by atoms with van der Waals surface area (Å²) < 4.78 is 0. The summed E-state index contributed by atoms with van der Waals surface area (Å²) in [5.74, 6) is 0.0753. The minimum absolute atomic E-state index is 0.0753. The lowest BCUT2D eigenvalue weighted by Crippen LogP contribution is -2.09. The molecule has 0 aliphatic carbocycles. The van der Waals surface area contributed by atoms with E-state index in [2.05, 4.69) is 5.32 Å². The first-order chi connectivity index (χ1) is 10.2. The lowest BCUT2D eigenvalue weighted by atomic mass is 9.97. The van der Waals surface area contributed by atoms with Gasteiger partial charge in [0.05, 0.1) is 6.10 Å². The SMILES string of the molecule is O=C1CCCc2cc(C(O)Cc3ccccc3)ccc2N1. The van der Waals surface area contributed by atoms with E-state index < -0.39 is 6.10 Å². The van der Waals surface area contributed by atoms with Gasteiger partial charge in [-0.1, -0.05) is 42.5 Å². The zero-order valence-corrected chi connectivity index (χ0v) is 11.9. The van der Waals surface area contributed by atoms with E-state index in [0.717, 1.165) is 35.2 Å². The summed E-state index contributed by atoms with van der Waals surface area (Å²) in [6.45, 7) is 0. The maximum absolute atomic E-state index is 11.5. The zero-order chi connectivity index (χ0) is 14.7. The highest BCUT2D eigenvalue weighted by Crippen LogP contribution is 2.27. The van der Waals surface area contributed by atoms with Crippen LogP contribution in [-0.2, 0) is 17.6 Å². The summed E-state index contributed by atoms with van der Waals surface area (Å²) in [6.07, 6.45) is 2.39. The second kappa shape index (κ2) is 6.10. The lowest BCUT2D eigenvalue weighted by molar-refractivity contribution is -0.116. The van der Waals surface area contributed by atoms with Crippen molar-refractivity contribution < 1.29 is 9.90 Å². The number of carbonyl (C=O) groups excluding carboxylic acids is 1. The quantitative estimate of drug-likeness (QED) is 0.907. The maximum Gasteiger partial charge on any atom is 0.224 e. The van der Waals surface area contributed by atoms with Crippen LogP contribution in [0.3, 0.4) is 0 Å². The van der Waals surface area contributed by atoms with Crippen molar-refractivity contribution in [2.45, 2.75) is 31.8 Å². The Labute approximate surface area is 124 Å². The van der Waals surface area contributed by atoms with Gasteiger partial charge in [0.1, 0.15) is 0 Å². The third-order valence-electron chi connectivity index (χ3n) is 3.91. The summed E-state index contributed by atoms with van der Waals surface area (Å²) >= 11 is 0. The van der Waals surface area contributed by atoms with Crippen LogP contribution in [-0.4, -0.2) is 11.0 Å². The highest BCUT2D eigenvalue weighted by atomic mass is 16.3. The molecule has 21 heavy (non-hydrogen) atoms. The summed E-state index contributed by atoms with van der Waals surface area (Å²) in [4.78, 5) is 11.5. The number of aryl methyl sites for hydroxylation is 1. The number of carbonyl (C=O) groups is 1. The third kappa shape index (κ3) is 3.31. The van der Waals surface area contributed by atoms with Crippen molar-refractivity contribution in [2.24, 2.45) is 0 Å². The topological polar surface area (TPSA) is 49.3 Å². The van der Waals surface area contributed by atoms with Gasteiger partial charge < -0.3 is 10.4 Å². The molecule has 1 aliphatic rings. The Morgan fingerprint density at radius 2 is 1.90 bits per heavy atom. The van der Waals surface area contributed by atoms with Gasteiger partial charge in [-0.15, -0.1) is 0 Å². The van der Waals surface area contributed by atoms with E-state index >= 15 is 0 Å². The number of nitrogens with one attached hydrogen (secondary N) is 1. The maximum atomic E-state index is 11.5. The van der Waals surface area contributed by atoms with Gasteiger partial charge in [-0.2, -0.15) is 0 Å². The molecule has 3 heteroatoms. The van der Waals surface area contributed by atoms with Gasteiger partial charge in [0.2, 0.25) is 5.91 Å². The summed E-state index contributed by atoms with van der Waals surface area (Å²) in [6, 6.07) is 15.8. The second-order valence-corrected chi connectivity index (χ2v) is 5.52. The van der Waals surface area contributed by atoms with Crippen molar-refractivity contribution in [1.82, 2.24) is 0 Å². The van der Waals surface area contributed by atoms with Gasteiger partial charge in [-0.3, -0.25) is 4.79 Å². The van der Waals surface area contributed by atoms with Crippen LogP contribution in [0.2, 0.25) is 0 Å². The van der Waals surface area contributed by atoms with E-state index in [9.17, 15) is 9.90 Å². The molecule has 1 unspecified atom stereocenters. The van der Waals surface area contributed by atoms with Gasteiger partial charge in [-0.05, 0) is 35.6 Å². The molecular formula is C18H19NO2. The molecule has 108 valence electrons. The van der Waals surface area contributed by atoms with Crippen LogP contribution in [0.15, 0.2) is 48.5 Å². The standard InChI is InChI=1S/C18H19NO2/c20-17(11-13-5-2-1-3-6-13)15-9-10-16-14(12-15)7-4-8-18(21)19-16/h1-3,5-6,9-10,12,17,20H,4,7-8,11H2,(H,19,21). The van der Waals surface area contributed by atoms with E-state index in [1.807, 2.05) is 48.5 Å². The normalized spacial score (nSPS) is 15.8. The molecule has 0 aromatic heterocycles. The van der Waals surface area contributed by atoms with E-state index in [0.29, 0.717) is 12.8 Å². The number of rotatable bonds is 3.